The van der Waals surface area contributed by atoms with Gasteiger partial charge in [0, 0.05) is 0 Å². The van der Waals surface area contributed by atoms with Crippen LogP contribution in [0.1, 0.15) is 133 Å². The van der Waals surface area contributed by atoms with Crippen LogP contribution >= 0.6 is 0 Å². The second-order valence-corrected chi connectivity index (χ2v) is 12.4. The van der Waals surface area contributed by atoms with Crippen LogP contribution in [0.3, 0.4) is 0 Å². The summed E-state index contributed by atoms with van der Waals surface area (Å²) in [6.45, 7) is 4.61. The normalized spacial score (nSPS) is 13.1. The quantitative estimate of drug-likeness (QED) is 0.122. The first kappa shape index (κ1) is 29.7. The average molecular weight is 513 g/mol. The summed E-state index contributed by atoms with van der Waals surface area (Å²) in [6.07, 6.45) is 30.1. The number of unbranched alkanes of at least 4 members (excludes halogenated alkanes) is 15. The molecular formula is C36H52Si. The zero-order valence-electron chi connectivity index (χ0n) is 24.0. The molecule has 0 unspecified atom stereocenters. The van der Waals surface area contributed by atoms with Gasteiger partial charge >= 0.3 is 0 Å². The summed E-state index contributed by atoms with van der Waals surface area (Å²) in [6, 6.07) is 17.9. The largest absolute Gasteiger partial charge is 0.122 e. The van der Waals surface area contributed by atoms with E-state index in [-0.39, 0.29) is 0 Å². The van der Waals surface area contributed by atoms with Crippen LogP contribution in [0.25, 0.3) is 5.57 Å². The molecule has 2 radical (unpaired) electrons. The molecule has 2 aromatic carbocycles. The molecule has 0 saturated heterocycles. The number of aryl methyl sites for hydroxylation is 1. The van der Waals surface area contributed by atoms with E-state index < -0.39 is 0 Å². The lowest BCUT2D eigenvalue weighted by atomic mass is 10.0. The summed E-state index contributed by atoms with van der Waals surface area (Å²) in [5.41, 5.74) is 5.92. The maximum Gasteiger partial charge on any atom is 0.122 e. The SMILES string of the molecule is CCCCCCCCCCCCCCCCCCc1c(C)cccc1[Si]C1=CCC=C1c1ccccc1. The predicted octanol–water partition coefficient (Wildman–Crippen LogP) is 10.5. The van der Waals surface area contributed by atoms with E-state index in [1.807, 2.05) is 0 Å². The first-order chi connectivity index (χ1) is 18.3. The molecule has 0 bridgehead atoms. The average Bonchev–Trinajstić information content (AvgIpc) is 3.38. The third-order valence-electron chi connectivity index (χ3n) is 7.98. The highest BCUT2D eigenvalue weighted by Crippen LogP contribution is 2.28. The number of rotatable bonds is 20. The molecule has 2 aromatic rings. The van der Waals surface area contributed by atoms with Gasteiger partial charge in [0.05, 0.1) is 0 Å². The van der Waals surface area contributed by atoms with E-state index in [9.17, 15) is 0 Å². The number of hydrogen-bond acceptors (Lipinski definition) is 0. The van der Waals surface area contributed by atoms with Crippen molar-refractivity contribution in [2.24, 2.45) is 0 Å². The van der Waals surface area contributed by atoms with Crippen LogP contribution in [0, 0.1) is 6.92 Å². The van der Waals surface area contributed by atoms with Crippen molar-refractivity contribution in [3.8, 4) is 0 Å². The fourth-order valence-corrected chi connectivity index (χ4v) is 7.21. The lowest BCUT2D eigenvalue weighted by Crippen LogP contribution is -2.22. The Hall–Kier alpha value is -1.86. The van der Waals surface area contributed by atoms with Crippen LogP contribution in [0.2, 0.25) is 0 Å². The Balaban J connectivity index is 1.28. The molecule has 0 N–H and O–H groups in total. The second-order valence-electron chi connectivity index (χ2n) is 11.1. The van der Waals surface area contributed by atoms with Crippen LogP contribution in [-0.2, 0) is 6.42 Å². The lowest BCUT2D eigenvalue weighted by molar-refractivity contribution is 0.529. The Kier molecular flexibility index (Phi) is 14.8. The molecular weight excluding hydrogens is 460 g/mol. The van der Waals surface area contributed by atoms with Crippen molar-refractivity contribution >= 4 is 20.3 Å². The minimum Gasteiger partial charge on any atom is -0.0810 e. The van der Waals surface area contributed by atoms with Crippen LogP contribution < -0.4 is 5.19 Å². The van der Waals surface area contributed by atoms with Crippen LogP contribution in [0.4, 0.5) is 0 Å². The highest BCUT2D eigenvalue weighted by Gasteiger charge is 2.16. The third-order valence-corrected chi connectivity index (χ3v) is 9.46. The molecule has 0 aliphatic heterocycles. The molecule has 0 nitrogen and oxygen atoms in total. The number of hydrogen-bond donors (Lipinski definition) is 0. The van der Waals surface area contributed by atoms with Gasteiger partial charge < -0.3 is 0 Å². The van der Waals surface area contributed by atoms with E-state index in [2.05, 4.69) is 74.5 Å². The van der Waals surface area contributed by atoms with Gasteiger partial charge in [-0.05, 0) is 48.4 Å². The standard InChI is InChI=1S/C36H52Si/c1-3-4-5-6-7-8-9-10-11-12-13-14-15-16-17-21-27-33-31(2)24-22-29-35(33)37-36-30-23-28-34(36)32-25-19-18-20-26-32/h18-20,22,24-26,28-30H,3-17,21,23,27H2,1-2H3. The summed E-state index contributed by atoms with van der Waals surface area (Å²) in [5.74, 6) is 0. The fourth-order valence-electron chi connectivity index (χ4n) is 5.67. The highest BCUT2D eigenvalue weighted by molar-refractivity contribution is 6.65. The minimum atomic E-state index is 0.763. The van der Waals surface area contributed by atoms with Crippen LogP contribution in [0.5, 0.6) is 0 Å². The first-order valence-corrected chi connectivity index (χ1v) is 16.6. The molecule has 0 amide bonds. The van der Waals surface area contributed by atoms with Crippen molar-refractivity contribution in [2.75, 3.05) is 0 Å². The van der Waals surface area contributed by atoms with E-state index in [4.69, 9.17) is 0 Å². The first-order valence-electron chi connectivity index (χ1n) is 15.6. The zero-order valence-corrected chi connectivity index (χ0v) is 25.0. The molecule has 200 valence electrons. The molecule has 1 aliphatic carbocycles. The Morgan fingerprint density at radius 3 is 1.76 bits per heavy atom. The van der Waals surface area contributed by atoms with Crippen molar-refractivity contribution in [2.45, 2.75) is 129 Å². The van der Waals surface area contributed by atoms with Gasteiger partial charge in [0.25, 0.3) is 0 Å². The molecule has 0 heterocycles. The Bertz CT molecular complexity index is 936. The zero-order chi connectivity index (χ0) is 26.0. The lowest BCUT2D eigenvalue weighted by Gasteiger charge is -2.15. The molecule has 0 aromatic heterocycles. The van der Waals surface area contributed by atoms with Crippen molar-refractivity contribution in [3.63, 3.8) is 0 Å². The molecule has 1 heteroatoms. The molecule has 0 atom stereocenters. The number of allylic oxidation sites excluding steroid dienone is 4. The van der Waals surface area contributed by atoms with E-state index in [1.165, 1.54) is 131 Å². The molecule has 0 fully saturated rings. The molecule has 1 aliphatic rings. The predicted molar refractivity (Wildman–Crippen MR) is 167 cm³/mol. The van der Waals surface area contributed by atoms with Gasteiger partial charge in [-0.2, -0.15) is 0 Å². The van der Waals surface area contributed by atoms with E-state index in [0.717, 1.165) is 15.9 Å². The van der Waals surface area contributed by atoms with Gasteiger partial charge in [0.1, 0.15) is 9.52 Å². The van der Waals surface area contributed by atoms with Crippen molar-refractivity contribution in [3.05, 3.63) is 82.6 Å². The van der Waals surface area contributed by atoms with Gasteiger partial charge in [-0.1, -0.05) is 174 Å². The van der Waals surface area contributed by atoms with E-state index in [1.54, 1.807) is 10.8 Å². The second kappa shape index (κ2) is 18.4. The highest BCUT2D eigenvalue weighted by atomic mass is 28.2. The summed E-state index contributed by atoms with van der Waals surface area (Å²) >= 11 is 0. The summed E-state index contributed by atoms with van der Waals surface area (Å²) in [5, 5.41) is 3.10. The summed E-state index contributed by atoms with van der Waals surface area (Å²) in [4.78, 5) is 0. The molecule has 0 spiro atoms. The van der Waals surface area contributed by atoms with E-state index in [0.29, 0.717) is 0 Å². The molecule has 0 saturated carbocycles. The summed E-state index contributed by atoms with van der Waals surface area (Å²) in [7, 11) is 0.763. The van der Waals surface area contributed by atoms with Gasteiger partial charge in [-0.15, -0.1) is 0 Å². The van der Waals surface area contributed by atoms with Gasteiger partial charge in [-0.3, -0.25) is 0 Å². The van der Waals surface area contributed by atoms with E-state index >= 15 is 0 Å². The third kappa shape index (κ3) is 11.2. The molecule has 3 rings (SSSR count). The Morgan fingerprint density at radius 1 is 0.595 bits per heavy atom. The van der Waals surface area contributed by atoms with Crippen molar-refractivity contribution < 1.29 is 0 Å². The smallest absolute Gasteiger partial charge is 0.0810 e. The van der Waals surface area contributed by atoms with Gasteiger partial charge in [0.2, 0.25) is 0 Å². The Labute approximate surface area is 231 Å². The minimum absolute atomic E-state index is 0.763. The van der Waals surface area contributed by atoms with Crippen LogP contribution in [-0.4, -0.2) is 9.52 Å². The Morgan fingerprint density at radius 2 is 1.16 bits per heavy atom. The fraction of sp³-hybridized carbons (Fsp3) is 0.556. The van der Waals surface area contributed by atoms with Crippen molar-refractivity contribution in [1.82, 2.24) is 0 Å². The monoisotopic (exact) mass is 512 g/mol. The summed E-state index contributed by atoms with van der Waals surface area (Å²) < 4.78 is 0. The van der Waals surface area contributed by atoms with Gasteiger partial charge in [0.15, 0.2) is 0 Å². The topological polar surface area (TPSA) is 0 Å². The number of benzene rings is 2. The molecule has 37 heavy (non-hydrogen) atoms. The maximum atomic E-state index is 2.45. The van der Waals surface area contributed by atoms with Crippen LogP contribution in [0.15, 0.2) is 65.9 Å². The maximum absolute atomic E-state index is 2.45. The van der Waals surface area contributed by atoms with Gasteiger partial charge in [-0.25, -0.2) is 0 Å². The van der Waals surface area contributed by atoms with Crippen molar-refractivity contribution in [1.29, 1.82) is 0 Å².